The first-order valence-corrected chi connectivity index (χ1v) is 8.88. The van der Waals surface area contributed by atoms with Gasteiger partial charge < -0.3 is 62.5 Å². The van der Waals surface area contributed by atoms with Crippen molar-refractivity contribution in [3.63, 3.8) is 0 Å². The van der Waals surface area contributed by atoms with Crippen molar-refractivity contribution in [1.82, 2.24) is 0 Å². The molecule has 0 bridgehead atoms. The van der Waals surface area contributed by atoms with Gasteiger partial charge in [-0.3, -0.25) is 0 Å². The first kappa shape index (κ1) is 33.3. The molecule has 0 aliphatic heterocycles. The number of carboxylic acid groups (broad SMARTS) is 4. The maximum atomic E-state index is 9.76. The van der Waals surface area contributed by atoms with Gasteiger partial charge in [0.05, 0.1) is 23.9 Å². The molecule has 0 saturated heterocycles. The number of quaternary nitrogens is 4. The quantitative estimate of drug-likeness (QED) is 0.296. The van der Waals surface area contributed by atoms with Crippen molar-refractivity contribution in [1.29, 1.82) is 0 Å². The van der Waals surface area contributed by atoms with E-state index in [4.69, 9.17) is 0 Å². The van der Waals surface area contributed by atoms with E-state index in [0.29, 0.717) is 25.7 Å². The lowest BCUT2D eigenvalue weighted by molar-refractivity contribution is -0.437. The van der Waals surface area contributed by atoms with Crippen molar-refractivity contribution in [2.24, 2.45) is 0 Å². The summed E-state index contributed by atoms with van der Waals surface area (Å²) in [6.45, 7) is 7.03. The van der Waals surface area contributed by atoms with Crippen molar-refractivity contribution in [3.8, 4) is 0 Å². The summed E-state index contributed by atoms with van der Waals surface area (Å²) in [5.74, 6) is -4.27. The fourth-order valence-corrected chi connectivity index (χ4v) is 0.667. The highest BCUT2D eigenvalue weighted by Gasteiger charge is 2.01. The van der Waals surface area contributed by atoms with Crippen LogP contribution in [0.4, 0.5) is 0 Å². The SMILES string of the molecule is CC[C@H]([NH3+])C(=O)[O-].CC[C@H]([NH3+])C(=O)[O-].CC[C@H]([NH3+])C(=O)[O-].CC[C@H]([NH3+])C(=O)[O-]. The molecule has 0 unspecified atom stereocenters. The lowest BCUT2D eigenvalue weighted by Crippen LogP contribution is -2.67. The van der Waals surface area contributed by atoms with Gasteiger partial charge in [-0.25, -0.2) is 0 Å². The third-order valence-corrected chi connectivity index (χ3v) is 3.30. The summed E-state index contributed by atoms with van der Waals surface area (Å²) in [6.07, 6.45) is 2.18. The van der Waals surface area contributed by atoms with Crippen LogP contribution in [0, 0.1) is 0 Å². The third kappa shape index (κ3) is 26.0. The highest BCUT2D eigenvalue weighted by atomic mass is 16.4. The van der Waals surface area contributed by atoms with Crippen LogP contribution in [0.1, 0.15) is 53.4 Å². The molecular weight excluding hydrogens is 376 g/mol. The Labute approximate surface area is 164 Å². The Kier molecular flexibility index (Phi) is 25.0. The van der Waals surface area contributed by atoms with Crippen LogP contribution in [0.5, 0.6) is 0 Å². The minimum absolute atomic E-state index is 0.542. The normalized spacial score (nSPS) is 13.4. The van der Waals surface area contributed by atoms with E-state index in [2.05, 4.69) is 22.9 Å². The molecule has 0 heterocycles. The maximum Gasteiger partial charge on any atom is 0.124 e. The van der Waals surface area contributed by atoms with E-state index < -0.39 is 48.0 Å². The average Bonchev–Trinajstić information content (AvgIpc) is 2.66. The zero-order chi connectivity index (χ0) is 23.4. The van der Waals surface area contributed by atoms with E-state index in [1.54, 1.807) is 27.7 Å². The van der Waals surface area contributed by atoms with E-state index in [0.717, 1.165) is 0 Å². The van der Waals surface area contributed by atoms with Crippen LogP contribution in [0.15, 0.2) is 0 Å². The van der Waals surface area contributed by atoms with Crippen molar-refractivity contribution in [2.45, 2.75) is 77.5 Å². The molecule has 0 aliphatic rings. The number of aliphatic carboxylic acids is 4. The lowest BCUT2D eigenvalue weighted by Gasteiger charge is -2.03. The predicted octanol–water partition coefficient (Wildman–Crippen LogP) is -8.97. The molecule has 12 heteroatoms. The first-order chi connectivity index (χ1) is 12.7. The van der Waals surface area contributed by atoms with Gasteiger partial charge in [0.25, 0.3) is 0 Å². The molecule has 0 saturated carbocycles. The highest BCUT2D eigenvalue weighted by Crippen LogP contribution is 1.78. The second-order valence-electron chi connectivity index (χ2n) is 5.70. The van der Waals surface area contributed by atoms with Gasteiger partial charge in [0.1, 0.15) is 24.2 Å². The molecule has 0 aromatic heterocycles. The number of hydrogen-bond acceptors (Lipinski definition) is 8. The topological polar surface area (TPSA) is 271 Å². The molecule has 0 amide bonds. The van der Waals surface area contributed by atoms with Gasteiger partial charge in [-0.05, 0) is 0 Å². The molecule has 12 N–H and O–H groups in total. The Morgan fingerprint density at radius 3 is 0.607 bits per heavy atom. The van der Waals surface area contributed by atoms with Gasteiger partial charge in [-0.2, -0.15) is 0 Å². The summed E-state index contributed by atoms with van der Waals surface area (Å²) in [5.41, 5.74) is 13.2. The third-order valence-electron chi connectivity index (χ3n) is 3.30. The maximum absolute atomic E-state index is 9.76. The second kappa shape index (κ2) is 21.0. The summed E-state index contributed by atoms with van der Waals surface area (Å²) in [5, 5.41) is 39.0. The zero-order valence-electron chi connectivity index (χ0n) is 17.2. The summed E-state index contributed by atoms with van der Waals surface area (Å²) in [4.78, 5) is 39.0. The van der Waals surface area contributed by atoms with E-state index in [1.165, 1.54) is 0 Å². The van der Waals surface area contributed by atoms with E-state index >= 15 is 0 Å². The molecule has 0 aromatic rings. The minimum atomic E-state index is -1.07. The van der Waals surface area contributed by atoms with Crippen molar-refractivity contribution >= 4 is 23.9 Å². The lowest BCUT2D eigenvalue weighted by atomic mass is 10.2. The van der Waals surface area contributed by atoms with E-state index in [-0.39, 0.29) is 0 Å². The Bertz CT molecular complexity index is 368. The van der Waals surface area contributed by atoms with E-state index in [1.807, 2.05) is 0 Å². The van der Waals surface area contributed by atoms with Gasteiger partial charge in [-0.1, -0.05) is 27.7 Å². The molecule has 28 heavy (non-hydrogen) atoms. The van der Waals surface area contributed by atoms with Crippen LogP contribution in [-0.4, -0.2) is 48.0 Å². The van der Waals surface area contributed by atoms with Gasteiger partial charge in [-0.15, -0.1) is 0 Å². The summed E-state index contributed by atoms with van der Waals surface area (Å²) in [6, 6.07) is -2.17. The summed E-state index contributed by atoms with van der Waals surface area (Å²) < 4.78 is 0. The number of carbonyl (C=O) groups is 4. The molecule has 0 aliphatic carbocycles. The number of carboxylic acids is 4. The van der Waals surface area contributed by atoms with E-state index in [9.17, 15) is 39.6 Å². The first-order valence-electron chi connectivity index (χ1n) is 8.88. The fraction of sp³-hybridized carbons (Fsp3) is 0.750. The van der Waals surface area contributed by atoms with Gasteiger partial charge >= 0.3 is 0 Å². The Morgan fingerprint density at radius 1 is 0.500 bits per heavy atom. The average molecular weight is 412 g/mol. The molecule has 4 atom stereocenters. The largest absolute Gasteiger partial charge is 0.544 e. The van der Waals surface area contributed by atoms with Crippen LogP contribution in [0.3, 0.4) is 0 Å². The monoisotopic (exact) mass is 412 g/mol. The highest BCUT2D eigenvalue weighted by molar-refractivity contribution is 5.69. The molecule has 0 rings (SSSR count). The predicted molar refractivity (Wildman–Crippen MR) is 87.9 cm³/mol. The molecule has 0 spiro atoms. The number of hydrogen-bond donors (Lipinski definition) is 4. The number of carbonyl (C=O) groups excluding carboxylic acids is 4. The molecule has 0 radical (unpaired) electrons. The summed E-state index contributed by atoms with van der Waals surface area (Å²) in [7, 11) is 0. The van der Waals surface area contributed by atoms with Crippen molar-refractivity contribution in [2.75, 3.05) is 0 Å². The Morgan fingerprint density at radius 2 is 0.607 bits per heavy atom. The van der Waals surface area contributed by atoms with Gasteiger partial charge in [0.2, 0.25) is 0 Å². The number of rotatable bonds is 8. The second-order valence-corrected chi connectivity index (χ2v) is 5.70. The fourth-order valence-electron chi connectivity index (χ4n) is 0.667. The minimum Gasteiger partial charge on any atom is -0.544 e. The van der Waals surface area contributed by atoms with Crippen LogP contribution in [-0.2, 0) is 19.2 Å². The van der Waals surface area contributed by atoms with Crippen LogP contribution < -0.4 is 43.4 Å². The van der Waals surface area contributed by atoms with Crippen LogP contribution in [0.2, 0.25) is 0 Å². The smallest absolute Gasteiger partial charge is 0.124 e. The molecule has 168 valence electrons. The van der Waals surface area contributed by atoms with Crippen molar-refractivity contribution < 1.29 is 62.5 Å². The Balaban J connectivity index is -0.000000137. The molecular formula is C16H36N4O8. The van der Waals surface area contributed by atoms with Crippen molar-refractivity contribution in [3.05, 3.63) is 0 Å². The van der Waals surface area contributed by atoms with Crippen LogP contribution >= 0.6 is 0 Å². The van der Waals surface area contributed by atoms with Gasteiger partial charge in [0.15, 0.2) is 0 Å². The van der Waals surface area contributed by atoms with Crippen LogP contribution in [0.25, 0.3) is 0 Å². The van der Waals surface area contributed by atoms with Gasteiger partial charge in [0, 0.05) is 25.7 Å². The molecule has 0 aromatic carbocycles. The Hall–Kier alpha value is -2.28. The standard InChI is InChI=1S/4C4H9NO2/c4*1-2-3(5)4(6)7/h4*3H,2,5H2,1H3,(H,6,7)/t4*3-/m0000/s1. The molecule has 12 nitrogen and oxygen atoms in total. The zero-order valence-corrected chi connectivity index (χ0v) is 17.2. The molecule has 0 fully saturated rings. The summed E-state index contributed by atoms with van der Waals surface area (Å²) >= 11 is 0.